The lowest BCUT2D eigenvalue weighted by Crippen LogP contribution is -2.38. The molecule has 0 heterocycles. The SMILES string of the molecule is CCOC(Cc1ccc(OCCN(CCCOCc2ccc(F)cc2)C(=O)Oc2c(C)cc(C)cc2C)cc1)C(=O)O. The molecule has 42 heavy (non-hydrogen) atoms. The molecule has 3 aromatic rings. The molecule has 0 aromatic heterocycles. The summed E-state index contributed by atoms with van der Waals surface area (Å²) >= 11 is 0. The molecule has 9 heteroatoms. The molecule has 0 aliphatic heterocycles. The van der Waals surface area contributed by atoms with Crippen LogP contribution in [0.15, 0.2) is 60.7 Å². The highest BCUT2D eigenvalue weighted by Crippen LogP contribution is 2.25. The number of carbonyl (C=O) groups is 2. The third-order valence-corrected chi connectivity index (χ3v) is 6.57. The summed E-state index contributed by atoms with van der Waals surface area (Å²) in [5.74, 6) is -0.144. The topological polar surface area (TPSA) is 94.5 Å². The molecular formula is C33H40FNO7. The lowest BCUT2D eigenvalue weighted by molar-refractivity contribution is -0.149. The molecule has 1 unspecified atom stereocenters. The summed E-state index contributed by atoms with van der Waals surface area (Å²) in [6.07, 6.45) is -0.550. The van der Waals surface area contributed by atoms with Gasteiger partial charge in [0.05, 0.1) is 13.2 Å². The number of aryl methyl sites for hydroxylation is 3. The Bertz CT molecular complexity index is 1270. The van der Waals surface area contributed by atoms with Crippen molar-refractivity contribution in [2.45, 2.75) is 53.2 Å². The number of benzene rings is 3. The standard InChI is InChI=1S/C33H40FNO7/c1-5-40-30(32(36)37)21-26-9-13-29(14-10-26)41-18-16-35(15-6-17-39-22-27-7-11-28(34)12-8-27)33(38)42-31-24(3)19-23(2)20-25(31)4/h7-14,19-20,30H,5-6,15-18,21-22H2,1-4H3,(H,36,37). The first-order valence-corrected chi connectivity index (χ1v) is 14.1. The molecule has 0 radical (unpaired) electrons. The van der Waals surface area contributed by atoms with Crippen LogP contribution in [0.2, 0.25) is 0 Å². The second-order valence-electron chi connectivity index (χ2n) is 10.1. The zero-order chi connectivity index (χ0) is 30.5. The number of amides is 1. The van der Waals surface area contributed by atoms with Crippen molar-refractivity contribution in [3.8, 4) is 11.5 Å². The van der Waals surface area contributed by atoms with Gasteiger partial charge < -0.3 is 29.0 Å². The molecule has 0 aliphatic carbocycles. The van der Waals surface area contributed by atoms with Gasteiger partial charge in [0.2, 0.25) is 0 Å². The smallest absolute Gasteiger partial charge is 0.415 e. The van der Waals surface area contributed by atoms with Crippen molar-refractivity contribution in [3.05, 3.63) is 94.3 Å². The summed E-state index contributed by atoms with van der Waals surface area (Å²) in [6, 6.07) is 17.2. The average Bonchev–Trinajstić information content (AvgIpc) is 2.95. The van der Waals surface area contributed by atoms with E-state index in [1.54, 1.807) is 48.2 Å². The monoisotopic (exact) mass is 581 g/mol. The molecule has 3 aromatic carbocycles. The van der Waals surface area contributed by atoms with E-state index in [1.807, 2.05) is 32.9 Å². The summed E-state index contributed by atoms with van der Waals surface area (Å²) in [5, 5.41) is 9.31. The molecule has 0 aliphatic rings. The lowest BCUT2D eigenvalue weighted by Gasteiger charge is -2.23. The maximum Gasteiger partial charge on any atom is 0.415 e. The van der Waals surface area contributed by atoms with Crippen LogP contribution in [0.25, 0.3) is 0 Å². The number of aliphatic carboxylic acids is 1. The van der Waals surface area contributed by atoms with E-state index in [-0.39, 0.29) is 25.4 Å². The summed E-state index contributed by atoms with van der Waals surface area (Å²) < 4.78 is 35.8. The Balaban J connectivity index is 1.57. The van der Waals surface area contributed by atoms with Crippen molar-refractivity contribution in [1.29, 1.82) is 0 Å². The van der Waals surface area contributed by atoms with Gasteiger partial charge in [0.15, 0.2) is 6.10 Å². The molecule has 226 valence electrons. The van der Waals surface area contributed by atoms with E-state index in [4.69, 9.17) is 18.9 Å². The lowest BCUT2D eigenvalue weighted by atomic mass is 10.1. The van der Waals surface area contributed by atoms with Crippen LogP contribution in [0, 0.1) is 26.6 Å². The quantitative estimate of drug-likeness (QED) is 0.199. The van der Waals surface area contributed by atoms with Crippen molar-refractivity contribution in [2.75, 3.05) is 32.9 Å². The molecule has 1 N–H and O–H groups in total. The first kappa shape index (κ1) is 32.6. The minimum absolute atomic E-state index is 0.230. The summed E-state index contributed by atoms with van der Waals surface area (Å²) in [4.78, 5) is 26.2. The van der Waals surface area contributed by atoms with E-state index in [9.17, 15) is 19.1 Å². The first-order valence-electron chi connectivity index (χ1n) is 14.1. The van der Waals surface area contributed by atoms with Gasteiger partial charge in [-0.15, -0.1) is 0 Å². The van der Waals surface area contributed by atoms with Gasteiger partial charge in [0, 0.05) is 26.2 Å². The molecule has 0 saturated heterocycles. The van der Waals surface area contributed by atoms with Crippen LogP contribution in [-0.4, -0.2) is 61.1 Å². The fourth-order valence-corrected chi connectivity index (χ4v) is 4.53. The number of halogens is 1. The van der Waals surface area contributed by atoms with Crippen LogP contribution in [0.4, 0.5) is 9.18 Å². The summed E-state index contributed by atoms with van der Waals surface area (Å²) in [7, 11) is 0. The second kappa shape index (κ2) is 16.5. The fourth-order valence-electron chi connectivity index (χ4n) is 4.53. The van der Waals surface area contributed by atoms with E-state index in [0.29, 0.717) is 44.3 Å². The molecule has 0 bridgehead atoms. The number of rotatable bonds is 16. The molecule has 1 atom stereocenters. The summed E-state index contributed by atoms with van der Waals surface area (Å²) in [5.41, 5.74) is 4.55. The minimum atomic E-state index is -0.999. The number of hydrogen-bond donors (Lipinski definition) is 1. The number of nitrogens with zero attached hydrogens (tertiary/aromatic N) is 1. The van der Waals surface area contributed by atoms with Crippen LogP contribution in [0.5, 0.6) is 11.5 Å². The Hall–Kier alpha value is -3.95. The highest BCUT2D eigenvalue weighted by molar-refractivity contribution is 5.73. The Labute approximate surface area is 247 Å². The molecule has 8 nitrogen and oxygen atoms in total. The van der Waals surface area contributed by atoms with Crippen LogP contribution < -0.4 is 9.47 Å². The number of carboxylic acids is 1. The van der Waals surface area contributed by atoms with Crippen LogP contribution >= 0.6 is 0 Å². The zero-order valence-electron chi connectivity index (χ0n) is 24.7. The van der Waals surface area contributed by atoms with Crippen molar-refractivity contribution >= 4 is 12.1 Å². The number of ether oxygens (including phenoxy) is 4. The van der Waals surface area contributed by atoms with Gasteiger partial charge in [-0.2, -0.15) is 0 Å². The van der Waals surface area contributed by atoms with Crippen LogP contribution in [0.1, 0.15) is 41.2 Å². The molecule has 0 fully saturated rings. The van der Waals surface area contributed by atoms with E-state index in [0.717, 1.165) is 27.8 Å². The van der Waals surface area contributed by atoms with Gasteiger partial charge in [-0.05, 0) is 80.6 Å². The molecular weight excluding hydrogens is 541 g/mol. The molecule has 0 spiro atoms. The van der Waals surface area contributed by atoms with Crippen molar-refractivity contribution < 1.29 is 38.0 Å². The normalized spacial score (nSPS) is 11.6. The average molecular weight is 582 g/mol. The third kappa shape index (κ3) is 10.5. The van der Waals surface area contributed by atoms with E-state index < -0.39 is 18.2 Å². The number of carbonyl (C=O) groups excluding carboxylic acids is 1. The predicted octanol–water partition coefficient (Wildman–Crippen LogP) is 6.27. The van der Waals surface area contributed by atoms with Gasteiger partial charge in [0.1, 0.15) is 23.9 Å². The first-order chi connectivity index (χ1) is 20.2. The Morgan fingerprint density at radius 2 is 1.55 bits per heavy atom. The van der Waals surface area contributed by atoms with Crippen LogP contribution in [-0.2, 0) is 27.3 Å². The Kier molecular flexibility index (Phi) is 12.8. The van der Waals surface area contributed by atoms with Gasteiger partial charge in [0.25, 0.3) is 0 Å². The highest BCUT2D eigenvalue weighted by atomic mass is 19.1. The van der Waals surface area contributed by atoms with Crippen molar-refractivity contribution in [2.24, 2.45) is 0 Å². The van der Waals surface area contributed by atoms with Crippen molar-refractivity contribution in [1.82, 2.24) is 4.90 Å². The van der Waals surface area contributed by atoms with Crippen molar-refractivity contribution in [3.63, 3.8) is 0 Å². The van der Waals surface area contributed by atoms with E-state index in [1.165, 1.54) is 12.1 Å². The summed E-state index contributed by atoms with van der Waals surface area (Å²) in [6.45, 7) is 9.57. The Morgan fingerprint density at radius 3 is 2.17 bits per heavy atom. The number of carboxylic acid groups (broad SMARTS) is 1. The van der Waals surface area contributed by atoms with Gasteiger partial charge in [-0.3, -0.25) is 0 Å². The van der Waals surface area contributed by atoms with Gasteiger partial charge >= 0.3 is 12.1 Å². The van der Waals surface area contributed by atoms with E-state index in [2.05, 4.69) is 0 Å². The second-order valence-corrected chi connectivity index (χ2v) is 10.1. The van der Waals surface area contributed by atoms with Gasteiger partial charge in [-0.1, -0.05) is 42.0 Å². The maximum absolute atomic E-state index is 13.2. The van der Waals surface area contributed by atoms with Gasteiger partial charge in [-0.25, -0.2) is 14.0 Å². The maximum atomic E-state index is 13.2. The molecule has 0 saturated carbocycles. The molecule has 1 amide bonds. The fraction of sp³-hybridized carbons (Fsp3) is 0.394. The minimum Gasteiger partial charge on any atom is -0.492 e. The predicted molar refractivity (Wildman–Crippen MR) is 158 cm³/mol. The highest BCUT2D eigenvalue weighted by Gasteiger charge is 2.19. The van der Waals surface area contributed by atoms with E-state index >= 15 is 0 Å². The Morgan fingerprint density at radius 1 is 0.905 bits per heavy atom. The van der Waals surface area contributed by atoms with Crippen LogP contribution in [0.3, 0.4) is 0 Å². The number of hydrogen-bond acceptors (Lipinski definition) is 6. The zero-order valence-corrected chi connectivity index (χ0v) is 24.7. The third-order valence-electron chi connectivity index (χ3n) is 6.57. The molecule has 3 rings (SSSR count). The largest absolute Gasteiger partial charge is 0.492 e.